The molecule has 4 aromatic carbocycles. The van der Waals surface area contributed by atoms with Crippen LogP contribution in [0.25, 0.3) is 11.1 Å². The Morgan fingerprint density at radius 2 is 1.56 bits per heavy atom. The van der Waals surface area contributed by atoms with Crippen LogP contribution < -0.4 is 5.32 Å². The second kappa shape index (κ2) is 13.6. The van der Waals surface area contributed by atoms with E-state index >= 15 is 0 Å². The predicted molar refractivity (Wildman–Crippen MR) is 189 cm³/mol. The molecule has 0 radical (unpaired) electrons. The molecular formula is C42H48N2O4. The number of hydrogen-bond acceptors (Lipinski definition) is 5. The topological polar surface area (TPSA) is 71.0 Å². The van der Waals surface area contributed by atoms with E-state index < -0.39 is 6.29 Å². The van der Waals surface area contributed by atoms with Gasteiger partial charge in [-0.25, -0.2) is 0 Å². The maximum absolute atomic E-state index is 12.7. The summed E-state index contributed by atoms with van der Waals surface area (Å²) in [5.74, 6) is -0.0855. The molecule has 2 N–H and O–H groups in total. The highest BCUT2D eigenvalue weighted by Crippen LogP contribution is 2.53. The van der Waals surface area contributed by atoms with Crippen LogP contribution in [0.3, 0.4) is 0 Å². The molecule has 1 saturated carbocycles. The minimum atomic E-state index is -0.491. The number of fused-ring (bicyclic) bond motifs is 2. The van der Waals surface area contributed by atoms with Crippen LogP contribution in [0.4, 0.5) is 0 Å². The van der Waals surface area contributed by atoms with Crippen LogP contribution in [0.2, 0.25) is 0 Å². The normalized spacial score (nSPS) is 26.7. The number of likely N-dealkylation sites (tertiary alicyclic amines) is 1. The molecule has 250 valence electrons. The summed E-state index contributed by atoms with van der Waals surface area (Å²) in [5.41, 5.74) is 7.60. The number of aliphatic hydroxyl groups is 1. The second-order valence-electron chi connectivity index (χ2n) is 15.3. The fourth-order valence-electron chi connectivity index (χ4n) is 8.73. The number of amides is 1. The fraction of sp³-hybridized carbons (Fsp3) is 0.405. The summed E-state index contributed by atoms with van der Waals surface area (Å²) < 4.78 is 13.5. The minimum absolute atomic E-state index is 0.0283. The molecule has 2 saturated heterocycles. The number of carbonyl (C=O) groups excluding carboxylic acids is 1. The molecule has 3 fully saturated rings. The first-order chi connectivity index (χ1) is 23.2. The van der Waals surface area contributed by atoms with Crippen LogP contribution in [0.1, 0.15) is 91.5 Å². The van der Waals surface area contributed by atoms with E-state index in [2.05, 4.69) is 79.5 Å². The molecule has 3 aliphatic rings. The summed E-state index contributed by atoms with van der Waals surface area (Å²) in [6.07, 6.45) is 4.01. The van der Waals surface area contributed by atoms with Gasteiger partial charge in [0.1, 0.15) is 0 Å². The summed E-state index contributed by atoms with van der Waals surface area (Å²) in [6, 6.07) is 34.7. The molecule has 2 bridgehead atoms. The average Bonchev–Trinajstić information content (AvgIpc) is 3.34. The molecule has 6 nitrogen and oxygen atoms in total. The van der Waals surface area contributed by atoms with Gasteiger partial charge >= 0.3 is 0 Å². The monoisotopic (exact) mass is 644 g/mol. The smallest absolute Gasteiger partial charge is 0.251 e. The van der Waals surface area contributed by atoms with E-state index in [0.29, 0.717) is 29.0 Å². The Labute approximate surface area is 285 Å². The first kappa shape index (κ1) is 32.7. The highest BCUT2D eigenvalue weighted by molar-refractivity contribution is 5.94. The Hall–Kier alpha value is -3.81. The van der Waals surface area contributed by atoms with Gasteiger partial charge in [0.15, 0.2) is 6.29 Å². The zero-order valence-corrected chi connectivity index (χ0v) is 28.4. The van der Waals surface area contributed by atoms with Gasteiger partial charge in [-0.05, 0) is 70.0 Å². The van der Waals surface area contributed by atoms with E-state index in [1.54, 1.807) is 0 Å². The number of nitrogens with one attached hydrogen (secondary N) is 1. The van der Waals surface area contributed by atoms with E-state index in [1.807, 2.05) is 54.6 Å². The zero-order valence-electron chi connectivity index (χ0n) is 28.4. The Morgan fingerprint density at radius 3 is 2.31 bits per heavy atom. The lowest BCUT2D eigenvalue weighted by atomic mass is 9.65. The standard InChI is InChI=1S/C42H48N2O4/c1-41(2)22-35-23-42(3,27-41)28-44(35)25-36-21-38(31-15-13-29(26-45)14-16-31)48-40(47-36)33-19-17-30(18-20-33)37-12-8-7-11-34(37)24-43-39(46)32-9-5-4-6-10-32/h4-20,35-36,38,40,45H,21-28H2,1-3H3,(H,43,46)/t35?,36-,38+,40+,42?/m1/s1. The van der Waals surface area contributed by atoms with Crippen LogP contribution in [-0.2, 0) is 22.6 Å². The molecule has 48 heavy (non-hydrogen) atoms. The van der Waals surface area contributed by atoms with Crippen LogP contribution in [0.15, 0.2) is 103 Å². The van der Waals surface area contributed by atoms with Gasteiger partial charge in [-0.2, -0.15) is 0 Å². The molecule has 7 rings (SSSR count). The Morgan fingerprint density at radius 1 is 0.854 bits per heavy atom. The number of benzene rings is 4. The molecule has 2 unspecified atom stereocenters. The quantitative estimate of drug-likeness (QED) is 0.192. The number of ether oxygens (including phenoxy) is 2. The van der Waals surface area contributed by atoms with Crippen molar-refractivity contribution < 1.29 is 19.4 Å². The van der Waals surface area contributed by atoms with Gasteiger partial charge in [0.25, 0.3) is 5.91 Å². The van der Waals surface area contributed by atoms with E-state index in [4.69, 9.17) is 9.47 Å². The van der Waals surface area contributed by atoms with E-state index in [1.165, 1.54) is 19.3 Å². The average molecular weight is 645 g/mol. The fourth-order valence-corrected chi connectivity index (χ4v) is 8.73. The van der Waals surface area contributed by atoms with Crippen molar-refractivity contribution in [2.24, 2.45) is 10.8 Å². The van der Waals surface area contributed by atoms with Gasteiger partial charge in [-0.3, -0.25) is 9.69 Å². The van der Waals surface area contributed by atoms with Crippen molar-refractivity contribution in [3.8, 4) is 11.1 Å². The maximum atomic E-state index is 12.7. The highest BCUT2D eigenvalue weighted by atomic mass is 16.7. The van der Waals surface area contributed by atoms with Crippen LogP contribution in [0, 0.1) is 10.8 Å². The number of aliphatic hydroxyl groups excluding tert-OH is 1. The first-order valence-electron chi connectivity index (χ1n) is 17.4. The number of nitrogens with zero attached hydrogens (tertiary/aromatic N) is 1. The van der Waals surface area contributed by atoms with Crippen LogP contribution in [0.5, 0.6) is 0 Å². The van der Waals surface area contributed by atoms with Gasteiger partial charge in [-0.15, -0.1) is 0 Å². The summed E-state index contributed by atoms with van der Waals surface area (Å²) in [4.78, 5) is 15.4. The van der Waals surface area contributed by atoms with Gasteiger partial charge < -0.3 is 19.9 Å². The van der Waals surface area contributed by atoms with Gasteiger partial charge in [-0.1, -0.05) is 112 Å². The molecule has 0 spiro atoms. The number of carbonyl (C=O) groups is 1. The predicted octanol–water partition coefficient (Wildman–Crippen LogP) is 8.22. The Balaban J connectivity index is 1.09. The molecule has 0 aromatic heterocycles. The first-order valence-corrected chi connectivity index (χ1v) is 17.4. The third-order valence-electron chi connectivity index (χ3n) is 10.6. The lowest BCUT2D eigenvalue weighted by molar-refractivity contribution is -0.253. The molecule has 6 heteroatoms. The summed E-state index contributed by atoms with van der Waals surface area (Å²) in [7, 11) is 0. The van der Waals surface area contributed by atoms with Crippen molar-refractivity contribution in [2.45, 2.75) is 84.1 Å². The van der Waals surface area contributed by atoms with Crippen LogP contribution in [-0.4, -0.2) is 41.1 Å². The molecule has 2 aliphatic heterocycles. The Kier molecular flexibility index (Phi) is 9.27. The van der Waals surface area contributed by atoms with Crippen molar-refractivity contribution in [2.75, 3.05) is 13.1 Å². The summed E-state index contributed by atoms with van der Waals surface area (Å²) >= 11 is 0. The van der Waals surface area contributed by atoms with E-state index in [9.17, 15) is 9.90 Å². The Bertz CT molecular complexity index is 1700. The van der Waals surface area contributed by atoms with E-state index in [0.717, 1.165) is 52.9 Å². The minimum Gasteiger partial charge on any atom is -0.392 e. The van der Waals surface area contributed by atoms with Crippen molar-refractivity contribution in [3.05, 3.63) is 131 Å². The molecule has 1 amide bonds. The molecule has 2 heterocycles. The number of rotatable bonds is 9. The highest BCUT2D eigenvalue weighted by Gasteiger charge is 2.50. The van der Waals surface area contributed by atoms with Crippen molar-refractivity contribution in [1.82, 2.24) is 10.2 Å². The second-order valence-corrected chi connectivity index (χ2v) is 15.3. The van der Waals surface area contributed by atoms with Gasteiger partial charge in [0, 0.05) is 43.2 Å². The van der Waals surface area contributed by atoms with Crippen LogP contribution >= 0.6 is 0 Å². The molecular weight excluding hydrogens is 596 g/mol. The molecule has 1 aliphatic carbocycles. The zero-order chi connectivity index (χ0) is 33.3. The maximum Gasteiger partial charge on any atom is 0.251 e. The molecule has 4 aromatic rings. The van der Waals surface area contributed by atoms with Crippen molar-refractivity contribution in [3.63, 3.8) is 0 Å². The van der Waals surface area contributed by atoms with Gasteiger partial charge in [0.2, 0.25) is 0 Å². The van der Waals surface area contributed by atoms with Gasteiger partial charge in [0.05, 0.1) is 18.8 Å². The van der Waals surface area contributed by atoms with Crippen molar-refractivity contribution >= 4 is 5.91 Å². The summed E-state index contributed by atoms with van der Waals surface area (Å²) in [6.45, 7) is 9.82. The third kappa shape index (κ3) is 7.28. The number of hydrogen-bond donors (Lipinski definition) is 2. The lowest BCUT2D eigenvalue weighted by Gasteiger charge is -2.41. The lowest BCUT2D eigenvalue weighted by Crippen LogP contribution is -2.42. The SMILES string of the molecule is CC1(C)CC2CC(C)(CN2C[C@H]2C[C@@H](c3ccc(CO)cc3)O[C@@H](c3ccc(-c4ccccc4CNC(=O)c4ccccc4)cc3)O2)C1. The summed E-state index contributed by atoms with van der Waals surface area (Å²) in [5, 5.41) is 12.7. The molecule has 5 atom stereocenters. The van der Waals surface area contributed by atoms with E-state index in [-0.39, 0.29) is 24.7 Å². The largest absolute Gasteiger partial charge is 0.392 e. The van der Waals surface area contributed by atoms with Crippen molar-refractivity contribution in [1.29, 1.82) is 0 Å². The third-order valence-corrected chi connectivity index (χ3v) is 10.6.